The zero-order chi connectivity index (χ0) is 15.3. The summed E-state index contributed by atoms with van der Waals surface area (Å²) in [6.45, 7) is -0.350. The van der Waals surface area contributed by atoms with Crippen molar-refractivity contribution in [1.82, 2.24) is 5.32 Å². The Kier molecular flexibility index (Phi) is 5.83. The number of carbonyl (C=O) groups is 2. The number of nitrogens with one attached hydrogen (secondary N) is 2. The van der Waals surface area contributed by atoms with Gasteiger partial charge in [-0.15, -0.1) is 0 Å². The Bertz CT molecular complexity index is 504. The van der Waals surface area contributed by atoms with Crippen LogP contribution in [0.2, 0.25) is 0 Å². The Morgan fingerprint density at radius 2 is 1.95 bits per heavy atom. The van der Waals surface area contributed by atoms with Gasteiger partial charge in [0.05, 0.1) is 6.54 Å². The number of methoxy groups -OCH3 is 1. The number of carboxylic acid groups (broad SMARTS) is 1. The normalized spacial score (nSPS) is 11.8. The largest absolute Gasteiger partial charge is 0.479 e. The van der Waals surface area contributed by atoms with Gasteiger partial charge in [0.15, 0.2) is 17.7 Å². The zero-order valence-corrected chi connectivity index (χ0v) is 11.8. The van der Waals surface area contributed by atoms with E-state index in [9.17, 15) is 18.4 Å². The number of carboxylic acids is 1. The van der Waals surface area contributed by atoms with E-state index < -0.39 is 35.4 Å². The van der Waals surface area contributed by atoms with E-state index in [1.54, 1.807) is 0 Å². The standard InChI is InChI=1S/C11H11BrF2N2O4/c1-20-8(10(17)18)4-15-11(19)16-9-6(13)2-5(12)3-7(9)14/h2-3,8H,4H2,1H3,(H,17,18)(H2,15,16,19). The SMILES string of the molecule is COC(CNC(=O)Nc1c(F)cc(Br)cc1F)C(=O)O. The second kappa shape index (κ2) is 7.15. The molecule has 0 aromatic heterocycles. The molecule has 1 unspecified atom stereocenters. The lowest BCUT2D eigenvalue weighted by atomic mass is 10.3. The minimum absolute atomic E-state index is 0.184. The molecular weight excluding hydrogens is 342 g/mol. The number of benzene rings is 1. The smallest absolute Gasteiger partial charge is 0.334 e. The van der Waals surface area contributed by atoms with E-state index >= 15 is 0 Å². The highest BCUT2D eigenvalue weighted by atomic mass is 79.9. The van der Waals surface area contributed by atoms with Crippen LogP contribution in [-0.2, 0) is 9.53 Å². The van der Waals surface area contributed by atoms with Gasteiger partial charge >= 0.3 is 12.0 Å². The molecule has 1 atom stereocenters. The van der Waals surface area contributed by atoms with E-state index in [-0.39, 0.29) is 11.0 Å². The van der Waals surface area contributed by atoms with Crippen molar-refractivity contribution in [2.75, 3.05) is 19.0 Å². The van der Waals surface area contributed by atoms with Crippen LogP contribution in [0.1, 0.15) is 0 Å². The number of urea groups is 1. The molecule has 0 saturated heterocycles. The Hall–Kier alpha value is -1.74. The molecule has 0 spiro atoms. The maximum atomic E-state index is 13.4. The van der Waals surface area contributed by atoms with E-state index in [2.05, 4.69) is 26.0 Å². The summed E-state index contributed by atoms with van der Waals surface area (Å²) in [6.07, 6.45) is -1.25. The minimum Gasteiger partial charge on any atom is -0.479 e. The molecule has 0 radical (unpaired) electrons. The van der Waals surface area contributed by atoms with Crippen LogP contribution in [0.3, 0.4) is 0 Å². The molecule has 0 aliphatic rings. The van der Waals surface area contributed by atoms with Crippen LogP contribution in [-0.4, -0.2) is 36.9 Å². The highest BCUT2D eigenvalue weighted by Gasteiger charge is 2.18. The van der Waals surface area contributed by atoms with Crippen LogP contribution in [0.4, 0.5) is 19.3 Å². The Morgan fingerprint density at radius 1 is 1.40 bits per heavy atom. The molecule has 20 heavy (non-hydrogen) atoms. The minimum atomic E-state index is -1.27. The van der Waals surface area contributed by atoms with Crippen LogP contribution in [0.25, 0.3) is 0 Å². The van der Waals surface area contributed by atoms with Gasteiger partial charge in [0, 0.05) is 11.6 Å². The molecule has 1 aromatic rings. The van der Waals surface area contributed by atoms with Crippen molar-refractivity contribution < 1.29 is 28.2 Å². The third kappa shape index (κ3) is 4.42. The molecule has 3 N–H and O–H groups in total. The number of hydrogen-bond acceptors (Lipinski definition) is 3. The van der Waals surface area contributed by atoms with E-state index in [1.807, 2.05) is 5.32 Å². The maximum Gasteiger partial charge on any atom is 0.334 e. The second-order valence-electron chi connectivity index (χ2n) is 3.64. The number of anilines is 1. The second-order valence-corrected chi connectivity index (χ2v) is 4.56. The fourth-order valence-electron chi connectivity index (χ4n) is 1.28. The van der Waals surface area contributed by atoms with Crippen LogP contribution in [0, 0.1) is 11.6 Å². The number of hydrogen-bond donors (Lipinski definition) is 3. The lowest BCUT2D eigenvalue weighted by Crippen LogP contribution is -2.40. The average Bonchev–Trinajstić information content (AvgIpc) is 2.34. The van der Waals surface area contributed by atoms with Gasteiger partial charge in [0.1, 0.15) is 5.69 Å². The zero-order valence-electron chi connectivity index (χ0n) is 10.2. The summed E-state index contributed by atoms with van der Waals surface area (Å²) in [5.74, 6) is -3.20. The average molecular weight is 353 g/mol. The molecule has 0 aliphatic heterocycles. The van der Waals surface area contributed by atoms with E-state index in [1.165, 1.54) is 0 Å². The van der Waals surface area contributed by atoms with E-state index in [0.29, 0.717) is 0 Å². The van der Waals surface area contributed by atoms with Crippen molar-refractivity contribution in [3.63, 3.8) is 0 Å². The van der Waals surface area contributed by atoms with Crippen molar-refractivity contribution in [2.24, 2.45) is 0 Å². The molecule has 0 bridgehead atoms. The molecule has 6 nitrogen and oxygen atoms in total. The number of aliphatic carboxylic acids is 1. The molecule has 0 heterocycles. The van der Waals surface area contributed by atoms with Crippen molar-refractivity contribution in [2.45, 2.75) is 6.10 Å². The fourth-order valence-corrected chi connectivity index (χ4v) is 1.68. The first kappa shape index (κ1) is 16.3. The molecule has 1 rings (SSSR count). The summed E-state index contributed by atoms with van der Waals surface area (Å²) in [6, 6.07) is 1.01. The number of ether oxygens (including phenoxy) is 1. The third-order valence-electron chi connectivity index (χ3n) is 2.25. The number of halogens is 3. The van der Waals surface area contributed by atoms with Gasteiger partial charge in [-0.2, -0.15) is 0 Å². The molecule has 0 saturated carbocycles. The first-order valence-corrected chi connectivity index (χ1v) is 6.09. The summed E-state index contributed by atoms with van der Waals surface area (Å²) in [5, 5.41) is 12.8. The number of amides is 2. The summed E-state index contributed by atoms with van der Waals surface area (Å²) >= 11 is 2.90. The molecule has 0 fully saturated rings. The van der Waals surface area contributed by atoms with Crippen molar-refractivity contribution in [1.29, 1.82) is 0 Å². The van der Waals surface area contributed by atoms with Gasteiger partial charge in [-0.05, 0) is 12.1 Å². The molecule has 0 aliphatic carbocycles. The fraction of sp³-hybridized carbons (Fsp3) is 0.273. The van der Waals surface area contributed by atoms with Crippen LogP contribution in [0.5, 0.6) is 0 Å². The van der Waals surface area contributed by atoms with Crippen LogP contribution >= 0.6 is 15.9 Å². The quantitative estimate of drug-likeness (QED) is 0.755. The number of rotatable bonds is 5. The molecule has 9 heteroatoms. The molecule has 110 valence electrons. The Labute approximate surface area is 121 Å². The van der Waals surface area contributed by atoms with E-state index in [4.69, 9.17) is 5.11 Å². The summed E-state index contributed by atoms with van der Waals surface area (Å²) in [5.41, 5.74) is -0.630. The first-order valence-electron chi connectivity index (χ1n) is 5.30. The summed E-state index contributed by atoms with van der Waals surface area (Å²) in [4.78, 5) is 22.1. The predicted molar refractivity (Wildman–Crippen MR) is 69.5 cm³/mol. The predicted octanol–water partition coefficient (Wildman–Crippen LogP) is 1.95. The first-order chi connectivity index (χ1) is 9.35. The Morgan fingerprint density at radius 3 is 2.40 bits per heavy atom. The van der Waals surface area contributed by atoms with Crippen molar-refractivity contribution >= 4 is 33.6 Å². The summed E-state index contributed by atoms with van der Waals surface area (Å²) in [7, 11) is 1.16. The van der Waals surface area contributed by atoms with Crippen LogP contribution < -0.4 is 10.6 Å². The van der Waals surface area contributed by atoms with Gasteiger partial charge in [-0.25, -0.2) is 18.4 Å². The van der Waals surface area contributed by atoms with Crippen LogP contribution in [0.15, 0.2) is 16.6 Å². The lowest BCUT2D eigenvalue weighted by molar-refractivity contribution is -0.147. The van der Waals surface area contributed by atoms with Gasteiger partial charge in [0.25, 0.3) is 0 Å². The van der Waals surface area contributed by atoms with Gasteiger partial charge in [-0.1, -0.05) is 15.9 Å². The highest BCUT2D eigenvalue weighted by Crippen LogP contribution is 2.23. The molecule has 1 aromatic carbocycles. The maximum absolute atomic E-state index is 13.4. The highest BCUT2D eigenvalue weighted by molar-refractivity contribution is 9.10. The molecule has 2 amide bonds. The third-order valence-corrected chi connectivity index (χ3v) is 2.71. The lowest BCUT2D eigenvalue weighted by Gasteiger charge is -2.13. The monoisotopic (exact) mass is 352 g/mol. The van der Waals surface area contributed by atoms with Crippen molar-refractivity contribution in [3.05, 3.63) is 28.2 Å². The van der Waals surface area contributed by atoms with Crippen molar-refractivity contribution in [3.8, 4) is 0 Å². The van der Waals surface area contributed by atoms with Gasteiger partial charge in [0.2, 0.25) is 0 Å². The number of carbonyl (C=O) groups excluding carboxylic acids is 1. The van der Waals surface area contributed by atoms with E-state index in [0.717, 1.165) is 19.2 Å². The topological polar surface area (TPSA) is 87.7 Å². The van der Waals surface area contributed by atoms with Gasteiger partial charge < -0.3 is 20.5 Å². The van der Waals surface area contributed by atoms with Gasteiger partial charge in [-0.3, -0.25) is 0 Å². The summed E-state index contributed by atoms with van der Waals surface area (Å²) < 4.78 is 31.6. The molecular formula is C11H11BrF2N2O4. The Balaban J connectivity index is 2.66.